The van der Waals surface area contributed by atoms with Crippen LogP contribution in [0.5, 0.6) is 0 Å². The van der Waals surface area contributed by atoms with Crippen LogP contribution in [0, 0.1) is 0 Å². The van der Waals surface area contributed by atoms with Crippen LogP contribution in [0.1, 0.15) is 12.8 Å². The first-order valence-electron chi connectivity index (χ1n) is 7.04. The maximum Gasteiger partial charge on any atom is 0.230 e. The molecule has 0 spiro atoms. The molecule has 0 bridgehead atoms. The van der Waals surface area contributed by atoms with E-state index in [9.17, 15) is 4.79 Å². The summed E-state index contributed by atoms with van der Waals surface area (Å²) in [6.45, 7) is 1.41. The van der Waals surface area contributed by atoms with E-state index < -0.39 is 0 Å². The molecular weight excluding hydrogens is 286 g/mol. The van der Waals surface area contributed by atoms with Gasteiger partial charge in [-0.25, -0.2) is 9.97 Å². The number of thioether (sulfide) groups is 1. The summed E-state index contributed by atoms with van der Waals surface area (Å²) in [6, 6.07) is 7.81. The number of amides is 1. The third-order valence-corrected chi connectivity index (χ3v) is 4.40. The molecule has 2 heterocycles. The Morgan fingerprint density at radius 2 is 2.29 bits per heavy atom. The SMILES string of the molecule is O=C(CSc1ncnc2ccccc12)NC[C@@H]1CCCO1. The predicted octanol–water partition coefficient (Wildman–Crippen LogP) is 2.02. The van der Waals surface area contributed by atoms with Crippen molar-refractivity contribution in [2.75, 3.05) is 18.9 Å². The molecule has 6 heteroatoms. The van der Waals surface area contributed by atoms with Crippen LogP contribution in [-0.4, -0.2) is 40.9 Å². The van der Waals surface area contributed by atoms with E-state index in [1.165, 1.54) is 18.1 Å². The zero-order chi connectivity index (χ0) is 14.5. The number of carbonyl (C=O) groups is 1. The van der Waals surface area contributed by atoms with Crippen molar-refractivity contribution >= 4 is 28.6 Å². The second-order valence-corrected chi connectivity index (χ2v) is 5.89. The number of ether oxygens (including phenoxy) is 1. The van der Waals surface area contributed by atoms with Crippen molar-refractivity contribution < 1.29 is 9.53 Å². The third kappa shape index (κ3) is 3.71. The fourth-order valence-electron chi connectivity index (χ4n) is 2.31. The third-order valence-electron chi connectivity index (χ3n) is 3.40. The monoisotopic (exact) mass is 303 g/mol. The van der Waals surface area contributed by atoms with Crippen molar-refractivity contribution in [3.63, 3.8) is 0 Å². The van der Waals surface area contributed by atoms with Gasteiger partial charge in [-0.2, -0.15) is 0 Å². The van der Waals surface area contributed by atoms with Gasteiger partial charge in [0, 0.05) is 18.5 Å². The zero-order valence-electron chi connectivity index (χ0n) is 11.6. The molecule has 0 unspecified atom stereocenters. The maximum absolute atomic E-state index is 11.9. The smallest absolute Gasteiger partial charge is 0.230 e. The number of carbonyl (C=O) groups excluding carboxylic acids is 1. The summed E-state index contributed by atoms with van der Waals surface area (Å²) >= 11 is 1.44. The van der Waals surface area contributed by atoms with E-state index in [0.717, 1.165) is 35.4 Å². The number of rotatable bonds is 5. The van der Waals surface area contributed by atoms with E-state index in [0.29, 0.717) is 12.3 Å². The molecule has 0 saturated carbocycles. The average Bonchev–Trinajstić information content (AvgIpc) is 3.04. The van der Waals surface area contributed by atoms with Crippen molar-refractivity contribution in [3.05, 3.63) is 30.6 Å². The summed E-state index contributed by atoms with van der Waals surface area (Å²) in [5.74, 6) is 0.367. The highest BCUT2D eigenvalue weighted by Crippen LogP contribution is 2.23. The Hall–Kier alpha value is -1.66. The Balaban J connectivity index is 1.54. The van der Waals surface area contributed by atoms with E-state index in [2.05, 4.69) is 15.3 Å². The largest absolute Gasteiger partial charge is 0.376 e. The molecule has 1 aromatic carbocycles. The van der Waals surface area contributed by atoms with Gasteiger partial charge in [0.15, 0.2) is 0 Å². The molecule has 1 aliphatic heterocycles. The summed E-state index contributed by atoms with van der Waals surface area (Å²) < 4.78 is 5.48. The second-order valence-electron chi connectivity index (χ2n) is 4.92. The predicted molar refractivity (Wildman–Crippen MR) is 82.2 cm³/mol. The molecule has 0 radical (unpaired) electrons. The van der Waals surface area contributed by atoms with Crippen LogP contribution in [0.3, 0.4) is 0 Å². The Kier molecular flexibility index (Phi) is 4.67. The number of para-hydroxylation sites is 1. The van der Waals surface area contributed by atoms with Gasteiger partial charge in [-0.3, -0.25) is 4.79 Å². The fourth-order valence-corrected chi connectivity index (χ4v) is 3.13. The molecule has 110 valence electrons. The van der Waals surface area contributed by atoms with Crippen molar-refractivity contribution in [2.45, 2.75) is 24.0 Å². The molecule has 1 aliphatic rings. The topological polar surface area (TPSA) is 64.1 Å². The van der Waals surface area contributed by atoms with Gasteiger partial charge in [-0.1, -0.05) is 30.0 Å². The summed E-state index contributed by atoms with van der Waals surface area (Å²) in [5.41, 5.74) is 0.898. The van der Waals surface area contributed by atoms with Gasteiger partial charge in [0.2, 0.25) is 5.91 Å². The highest BCUT2D eigenvalue weighted by molar-refractivity contribution is 8.00. The molecule has 1 fully saturated rings. The normalized spacial score (nSPS) is 18.0. The fraction of sp³-hybridized carbons (Fsp3) is 0.400. The number of hydrogen-bond donors (Lipinski definition) is 1. The number of benzene rings is 1. The first kappa shape index (κ1) is 14.3. The Bertz CT molecular complexity index is 624. The van der Waals surface area contributed by atoms with Gasteiger partial charge in [-0.05, 0) is 18.9 Å². The van der Waals surface area contributed by atoms with E-state index in [4.69, 9.17) is 4.74 Å². The molecule has 1 amide bonds. The first-order chi connectivity index (χ1) is 10.3. The van der Waals surface area contributed by atoms with Crippen LogP contribution >= 0.6 is 11.8 Å². The lowest BCUT2D eigenvalue weighted by Crippen LogP contribution is -2.32. The summed E-state index contributed by atoms with van der Waals surface area (Å²) in [4.78, 5) is 20.4. The lowest BCUT2D eigenvalue weighted by Gasteiger charge is -2.10. The van der Waals surface area contributed by atoms with Crippen LogP contribution in [0.4, 0.5) is 0 Å². The van der Waals surface area contributed by atoms with Crippen molar-refractivity contribution in [2.24, 2.45) is 0 Å². The van der Waals surface area contributed by atoms with Gasteiger partial charge >= 0.3 is 0 Å². The number of hydrogen-bond acceptors (Lipinski definition) is 5. The molecule has 1 aromatic heterocycles. The maximum atomic E-state index is 11.9. The van der Waals surface area contributed by atoms with Gasteiger partial charge in [0.1, 0.15) is 11.4 Å². The molecule has 3 rings (SSSR count). The number of nitrogens with one attached hydrogen (secondary N) is 1. The van der Waals surface area contributed by atoms with Gasteiger partial charge in [0.25, 0.3) is 0 Å². The van der Waals surface area contributed by atoms with E-state index >= 15 is 0 Å². The Morgan fingerprint density at radius 1 is 1.38 bits per heavy atom. The quantitative estimate of drug-likeness (QED) is 0.676. The summed E-state index contributed by atoms with van der Waals surface area (Å²) in [7, 11) is 0. The standard InChI is InChI=1S/C15H17N3O2S/c19-14(16-8-11-4-3-7-20-11)9-21-15-12-5-1-2-6-13(12)17-10-18-15/h1-2,5-6,10-11H,3-4,7-9H2,(H,16,19)/t11-/m0/s1. The van der Waals surface area contributed by atoms with Crippen molar-refractivity contribution in [1.29, 1.82) is 0 Å². The van der Waals surface area contributed by atoms with Crippen LogP contribution < -0.4 is 5.32 Å². The van der Waals surface area contributed by atoms with Crippen LogP contribution in [0.2, 0.25) is 0 Å². The van der Waals surface area contributed by atoms with Gasteiger partial charge in [-0.15, -0.1) is 0 Å². The van der Waals surface area contributed by atoms with E-state index in [1.807, 2.05) is 24.3 Å². The summed E-state index contributed by atoms with van der Waals surface area (Å²) in [6.07, 6.45) is 3.83. The molecule has 2 aromatic rings. The highest BCUT2D eigenvalue weighted by Gasteiger charge is 2.16. The molecule has 1 atom stereocenters. The van der Waals surface area contributed by atoms with Crippen LogP contribution in [0.25, 0.3) is 10.9 Å². The molecule has 21 heavy (non-hydrogen) atoms. The second kappa shape index (κ2) is 6.87. The minimum absolute atomic E-state index is 0.0122. The lowest BCUT2D eigenvalue weighted by atomic mass is 10.2. The van der Waals surface area contributed by atoms with E-state index in [-0.39, 0.29) is 12.0 Å². The Morgan fingerprint density at radius 3 is 3.14 bits per heavy atom. The number of nitrogens with zero attached hydrogens (tertiary/aromatic N) is 2. The minimum Gasteiger partial charge on any atom is -0.376 e. The highest BCUT2D eigenvalue weighted by atomic mass is 32.2. The Labute approximate surface area is 127 Å². The molecule has 1 N–H and O–H groups in total. The zero-order valence-corrected chi connectivity index (χ0v) is 12.4. The van der Waals surface area contributed by atoms with Crippen molar-refractivity contribution in [1.82, 2.24) is 15.3 Å². The average molecular weight is 303 g/mol. The first-order valence-corrected chi connectivity index (χ1v) is 8.02. The molecule has 1 saturated heterocycles. The summed E-state index contributed by atoms with van der Waals surface area (Å²) in [5, 5.41) is 4.74. The molecule has 0 aliphatic carbocycles. The van der Waals surface area contributed by atoms with Crippen LogP contribution in [-0.2, 0) is 9.53 Å². The number of aromatic nitrogens is 2. The van der Waals surface area contributed by atoms with E-state index in [1.54, 1.807) is 0 Å². The lowest BCUT2D eigenvalue weighted by molar-refractivity contribution is -0.119. The number of fused-ring (bicyclic) bond motifs is 1. The molecule has 5 nitrogen and oxygen atoms in total. The minimum atomic E-state index is 0.0122. The van der Waals surface area contributed by atoms with Crippen LogP contribution in [0.15, 0.2) is 35.6 Å². The van der Waals surface area contributed by atoms with Gasteiger partial charge < -0.3 is 10.1 Å². The van der Waals surface area contributed by atoms with Gasteiger partial charge in [0.05, 0.1) is 17.4 Å². The molecular formula is C15H17N3O2S. The van der Waals surface area contributed by atoms with Crippen molar-refractivity contribution in [3.8, 4) is 0 Å².